The van der Waals surface area contributed by atoms with Gasteiger partial charge in [-0.3, -0.25) is 19.7 Å². The lowest BCUT2D eigenvalue weighted by Gasteiger charge is -2.24. The van der Waals surface area contributed by atoms with E-state index in [1.807, 2.05) is 6.92 Å². The summed E-state index contributed by atoms with van der Waals surface area (Å²) in [5.74, 6) is -1.56. The molecule has 0 aliphatic rings. The van der Waals surface area contributed by atoms with Crippen molar-refractivity contribution < 1.29 is 19.6 Å². The van der Waals surface area contributed by atoms with Crippen molar-refractivity contribution in [2.45, 2.75) is 45.7 Å². The topological polar surface area (TPSA) is 114 Å². The maximum absolute atomic E-state index is 12.2. The van der Waals surface area contributed by atoms with Gasteiger partial charge in [0.2, 0.25) is 0 Å². The summed E-state index contributed by atoms with van der Waals surface area (Å²) in [5, 5.41) is 22.2. The zero-order valence-corrected chi connectivity index (χ0v) is 12.3. The molecule has 2 N–H and O–H groups in total. The van der Waals surface area contributed by atoms with Gasteiger partial charge < -0.3 is 15.0 Å². The molecule has 0 aliphatic carbocycles. The third-order valence-electron chi connectivity index (χ3n) is 2.84. The highest BCUT2D eigenvalue weighted by atomic mass is 16.6. The second-order valence-electron chi connectivity index (χ2n) is 5.44. The van der Waals surface area contributed by atoms with Crippen molar-refractivity contribution in [3.8, 4) is 0 Å². The number of carbonyl (C=O) groups excluding carboxylic acids is 1. The number of nitrogens with one attached hydrogen (secondary N) is 1. The average Bonchev–Trinajstić information content (AvgIpc) is 2.71. The Balaban J connectivity index is 3.00. The predicted octanol–water partition coefficient (Wildman–Crippen LogP) is 1.79. The number of aromatic nitrogens is 1. The first-order chi connectivity index (χ1) is 9.66. The molecular weight excluding hydrogens is 278 g/mol. The number of nitrogens with zero attached hydrogens (tertiary/aromatic N) is 2. The van der Waals surface area contributed by atoms with Crippen LogP contribution < -0.4 is 5.32 Å². The number of nitro groups is 1. The highest BCUT2D eigenvalue weighted by Gasteiger charge is 2.27. The lowest BCUT2D eigenvalue weighted by Crippen LogP contribution is -2.45. The second kappa shape index (κ2) is 6.38. The number of carbonyl (C=O) groups is 2. The molecule has 0 aliphatic heterocycles. The molecule has 116 valence electrons. The minimum Gasteiger partial charge on any atom is -0.481 e. The van der Waals surface area contributed by atoms with Gasteiger partial charge in [0, 0.05) is 18.2 Å². The number of rotatable bonds is 7. The third kappa shape index (κ3) is 4.59. The SMILES string of the molecule is CCCn1cc([N+](=O)[O-])cc1C(=O)NC(C)(C)CC(=O)O. The van der Waals surface area contributed by atoms with E-state index >= 15 is 0 Å². The monoisotopic (exact) mass is 297 g/mol. The molecule has 0 bridgehead atoms. The summed E-state index contributed by atoms with van der Waals surface area (Å²) in [4.78, 5) is 33.2. The summed E-state index contributed by atoms with van der Waals surface area (Å²) >= 11 is 0. The van der Waals surface area contributed by atoms with E-state index in [0.717, 1.165) is 0 Å². The number of aliphatic carboxylic acids is 1. The average molecular weight is 297 g/mol. The lowest BCUT2D eigenvalue weighted by atomic mass is 10.0. The van der Waals surface area contributed by atoms with Crippen molar-refractivity contribution in [1.82, 2.24) is 9.88 Å². The van der Waals surface area contributed by atoms with Gasteiger partial charge in [-0.25, -0.2) is 0 Å². The molecule has 0 saturated carbocycles. The molecule has 0 spiro atoms. The number of carboxylic acids is 1. The first-order valence-corrected chi connectivity index (χ1v) is 6.55. The number of hydrogen-bond donors (Lipinski definition) is 2. The van der Waals surface area contributed by atoms with Gasteiger partial charge in [-0.2, -0.15) is 0 Å². The third-order valence-corrected chi connectivity index (χ3v) is 2.84. The van der Waals surface area contributed by atoms with Crippen molar-refractivity contribution >= 4 is 17.6 Å². The van der Waals surface area contributed by atoms with Crippen LogP contribution in [0.5, 0.6) is 0 Å². The smallest absolute Gasteiger partial charge is 0.305 e. The van der Waals surface area contributed by atoms with E-state index < -0.39 is 22.3 Å². The number of hydrogen-bond acceptors (Lipinski definition) is 4. The second-order valence-corrected chi connectivity index (χ2v) is 5.44. The standard InChI is InChI=1S/C13H19N3O5/c1-4-5-15-8-9(16(20)21)6-10(15)12(19)14-13(2,3)7-11(17)18/h6,8H,4-5,7H2,1-3H3,(H,14,19)(H,17,18). The van der Waals surface area contributed by atoms with Crippen molar-refractivity contribution in [3.05, 3.63) is 28.1 Å². The summed E-state index contributed by atoms with van der Waals surface area (Å²) in [6.07, 6.45) is 1.78. The molecule has 0 fully saturated rings. The molecule has 1 rings (SSSR count). The fourth-order valence-electron chi connectivity index (χ4n) is 2.00. The zero-order valence-electron chi connectivity index (χ0n) is 12.3. The molecule has 1 aromatic heterocycles. The van der Waals surface area contributed by atoms with Crippen LogP contribution in [-0.2, 0) is 11.3 Å². The van der Waals surface area contributed by atoms with Crippen LogP contribution in [0, 0.1) is 10.1 Å². The van der Waals surface area contributed by atoms with Gasteiger partial charge in [0.15, 0.2) is 0 Å². The van der Waals surface area contributed by atoms with E-state index in [1.54, 1.807) is 13.8 Å². The van der Waals surface area contributed by atoms with Crippen LogP contribution in [0.4, 0.5) is 5.69 Å². The number of amides is 1. The lowest BCUT2D eigenvalue weighted by molar-refractivity contribution is -0.384. The summed E-state index contributed by atoms with van der Waals surface area (Å²) in [7, 11) is 0. The fraction of sp³-hybridized carbons (Fsp3) is 0.538. The fourth-order valence-corrected chi connectivity index (χ4v) is 2.00. The molecule has 8 nitrogen and oxygen atoms in total. The summed E-state index contributed by atoms with van der Waals surface area (Å²) in [5.41, 5.74) is -0.953. The Morgan fingerprint density at radius 3 is 2.57 bits per heavy atom. The normalized spacial score (nSPS) is 11.2. The van der Waals surface area contributed by atoms with Crippen molar-refractivity contribution in [1.29, 1.82) is 0 Å². The Bertz CT molecular complexity index is 562. The Hall–Kier alpha value is -2.38. The van der Waals surface area contributed by atoms with Crippen LogP contribution in [0.3, 0.4) is 0 Å². The van der Waals surface area contributed by atoms with Crippen LogP contribution in [-0.4, -0.2) is 32.0 Å². The minimum atomic E-state index is -1.03. The largest absolute Gasteiger partial charge is 0.481 e. The van der Waals surface area contributed by atoms with Gasteiger partial charge in [-0.1, -0.05) is 6.92 Å². The highest BCUT2D eigenvalue weighted by molar-refractivity contribution is 5.94. The van der Waals surface area contributed by atoms with E-state index in [4.69, 9.17) is 5.11 Å². The molecule has 0 aromatic carbocycles. The first-order valence-electron chi connectivity index (χ1n) is 6.55. The summed E-state index contributed by atoms with van der Waals surface area (Å²) in [6.45, 7) is 5.53. The van der Waals surface area contributed by atoms with E-state index in [0.29, 0.717) is 13.0 Å². The Morgan fingerprint density at radius 2 is 2.10 bits per heavy atom. The van der Waals surface area contributed by atoms with Crippen LogP contribution in [0.25, 0.3) is 0 Å². The van der Waals surface area contributed by atoms with Gasteiger partial charge in [-0.05, 0) is 20.3 Å². The van der Waals surface area contributed by atoms with E-state index in [-0.39, 0.29) is 17.8 Å². The Labute approximate surface area is 121 Å². The van der Waals surface area contributed by atoms with Crippen molar-refractivity contribution in [2.75, 3.05) is 0 Å². The van der Waals surface area contributed by atoms with Crippen molar-refractivity contribution in [2.24, 2.45) is 0 Å². The summed E-state index contributed by atoms with van der Waals surface area (Å²) < 4.78 is 1.50. The maximum atomic E-state index is 12.2. The summed E-state index contributed by atoms with van der Waals surface area (Å²) in [6, 6.07) is 1.20. The van der Waals surface area contributed by atoms with Gasteiger partial charge in [0.25, 0.3) is 11.6 Å². The van der Waals surface area contributed by atoms with Crippen LogP contribution in [0.2, 0.25) is 0 Å². The van der Waals surface area contributed by atoms with Gasteiger partial charge in [0.05, 0.1) is 17.5 Å². The maximum Gasteiger partial charge on any atom is 0.305 e. The molecule has 1 heterocycles. The van der Waals surface area contributed by atoms with E-state index in [2.05, 4.69) is 5.32 Å². The van der Waals surface area contributed by atoms with Gasteiger partial charge in [-0.15, -0.1) is 0 Å². The number of carboxylic acid groups (broad SMARTS) is 1. The Morgan fingerprint density at radius 1 is 1.48 bits per heavy atom. The molecule has 0 unspecified atom stereocenters. The molecule has 0 atom stereocenters. The van der Waals surface area contributed by atoms with E-state index in [9.17, 15) is 19.7 Å². The van der Waals surface area contributed by atoms with E-state index in [1.165, 1.54) is 16.8 Å². The predicted molar refractivity (Wildman–Crippen MR) is 75.2 cm³/mol. The first kappa shape index (κ1) is 16.7. The molecule has 0 radical (unpaired) electrons. The molecule has 0 saturated heterocycles. The minimum absolute atomic E-state index is 0.155. The number of aryl methyl sites for hydroxylation is 1. The highest BCUT2D eigenvalue weighted by Crippen LogP contribution is 2.18. The molecule has 8 heteroatoms. The quantitative estimate of drug-likeness (QED) is 0.588. The van der Waals surface area contributed by atoms with Gasteiger partial charge in [0.1, 0.15) is 5.69 Å². The van der Waals surface area contributed by atoms with Crippen LogP contribution >= 0.6 is 0 Å². The van der Waals surface area contributed by atoms with Crippen LogP contribution in [0.15, 0.2) is 12.3 Å². The molecule has 1 amide bonds. The zero-order chi connectivity index (χ0) is 16.2. The molecular formula is C13H19N3O5. The van der Waals surface area contributed by atoms with Crippen LogP contribution in [0.1, 0.15) is 44.1 Å². The van der Waals surface area contributed by atoms with Gasteiger partial charge >= 0.3 is 5.97 Å². The molecule has 21 heavy (non-hydrogen) atoms. The van der Waals surface area contributed by atoms with Crippen molar-refractivity contribution in [3.63, 3.8) is 0 Å². The molecule has 1 aromatic rings. The Kier molecular flexibility index (Phi) is 5.07.